The minimum Gasteiger partial charge on any atom is -0.397 e. The molecule has 3 N–H and O–H groups in total. The summed E-state index contributed by atoms with van der Waals surface area (Å²) in [6, 6.07) is 3.17. The Morgan fingerprint density at radius 1 is 1.22 bits per heavy atom. The molecule has 2 nitrogen and oxygen atoms in total. The first kappa shape index (κ1) is 13.2. The number of anilines is 2. The molecule has 0 aromatic heterocycles. The quantitative estimate of drug-likeness (QED) is 0.800. The second-order valence-electron chi connectivity index (χ2n) is 6.57. The van der Waals surface area contributed by atoms with Crippen molar-refractivity contribution in [3.05, 3.63) is 23.5 Å². The summed E-state index contributed by atoms with van der Waals surface area (Å²) < 4.78 is 13.3. The highest BCUT2D eigenvalue weighted by Crippen LogP contribution is 2.68. The predicted octanol–water partition coefficient (Wildman–Crippen LogP) is 3.81. The van der Waals surface area contributed by atoms with Gasteiger partial charge in [-0.3, -0.25) is 0 Å². The van der Waals surface area contributed by atoms with Crippen molar-refractivity contribution in [3.8, 4) is 0 Å². The summed E-state index contributed by atoms with van der Waals surface area (Å²) in [7, 11) is 0. The first-order valence-electron chi connectivity index (χ1n) is 6.47. The Kier molecular flexibility index (Phi) is 2.84. The third-order valence-corrected chi connectivity index (χ3v) is 5.15. The van der Waals surface area contributed by atoms with E-state index in [2.05, 4.69) is 33.0 Å². The fourth-order valence-corrected chi connectivity index (χ4v) is 2.91. The van der Waals surface area contributed by atoms with E-state index in [0.717, 1.165) is 12.2 Å². The first-order chi connectivity index (χ1) is 8.18. The van der Waals surface area contributed by atoms with E-state index in [-0.39, 0.29) is 5.82 Å². The molecule has 0 amide bonds. The van der Waals surface area contributed by atoms with Crippen LogP contribution in [0.1, 0.15) is 33.3 Å². The molecule has 100 valence electrons. The number of nitrogens with two attached hydrogens (primary N) is 1. The van der Waals surface area contributed by atoms with Crippen molar-refractivity contribution in [1.29, 1.82) is 0 Å². The van der Waals surface area contributed by atoms with Crippen LogP contribution in [0.5, 0.6) is 0 Å². The number of hydrogen-bond acceptors (Lipinski definition) is 2. The third kappa shape index (κ3) is 1.86. The second kappa shape index (κ2) is 3.87. The molecule has 3 heteroatoms. The number of benzene rings is 1. The van der Waals surface area contributed by atoms with Crippen LogP contribution in [0.4, 0.5) is 15.8 Å². The van der Waals surface area contributed by atoms with Crippen LogP contribution < -0.4 is 11.1 Å². The highest BCUT2D eigenvalue weighted by molar-refractivity contribution is 5.67. The fraction of sp³-hybridized carbons (Fsp3) is 0.600. The number of nitrogen functional groups attached to an aromatic ring is 1. The van der Waals surface area contributed by atoms with Gasteiger partial charge in [-0.1, -0.05) is 27.7 Å². The monoisotopic (exact) mass is 250 g/mol. The van der Waals surface area contributed by atoms with Gasteiger partial charge in [0.25, 0.3) is 0 Å². The van der Waals surface area contributed by atoms with Crippen LogP contribution >= 0.6 is 0 Å². The topological polar surface area (TPSA) is 38.0 Å². The summed E-state index contributed by atoms with van der Waals surface area (Å²) in [6.07, 6.45) is 0. The number of halogens is 1. The van der Waals surface area contributed by atoms with E-state index in [1.54, 1.807) is 13.0 Å². The SMILES string of the molecule is Cc1cc(NCC2C(C)(C)C2(C)C)c(N)cc1F. The van der Waals surface area contributed by atoms with Gasteiger partial charge in [-0.15, -0.1) is 0 Å². The average Bonchev–Trinajstić information content (AvgIpc) is 2.62. The fourth-order valence-electron chi connectivity index (χ4n) is 2.91. The lowest BCUT2D eigenvalue weighted by Crippen LogP contribution is -2.10. The molecule has 1 aliphatic carbocycles. The summed E-state index contributed by atoms with van der Waals surface area (Å²) >= 11 is 0. The number of rotatable bonds is 3. The summed E-state index contributed by atoms with van der Waals surface area (Å²) in [5, 5.41) is 3.36. The molecular formula is C15H23FN2. The van der Waals surface area contributed by atoms with Gasteiger partial charge in [0.1, 0.15) is 5.82 Å². The molecule has 0 atom stereocenters. The summed E-state index contributed by atoms with van der Waals surface area (Å²) in [5.41, 5.74) is 8.48. The zero-order chi connectivity index (χ0) is 13.7. The molecule has 18 heavy (non-hydrogen) atoms. The third-order valence-electron chi connectivity index (χ3n) is 5.15. The smallest absolute Gasteiger partial charge is 0.128 e. The maximum atomic E-state index is 13.3. The lowest BCUT2D eigenvalue weighted by atomic mass is 10.0. The molecule has 0 spiro atoms. The number of nitrogens with one attached hydrogen (secondary N) is 1. The Morgan fingerprint density at radius 3 is 2.28 bits per heavy atom. The van der Waals surface area contributed by atoms with E-state index >= 15 is 0 Å². The van der Waals surface area contributed by atoms with Gasteiger partial charge >= 0.3 is 0 Å². The molecule has 1 aliphatic rings. The van der Waals surface area contributed by atoms with Gasteiger partial charge in [0.05, 0.1) is 11.4 Å². The van der Waals surface area contributed by atoms with Crippen molar-refractivity contribution in [2.45, 2.75) is 34.6 Å². The minimum absolute atomic E-state index is 0.245. The van der Waals surface area contributed by atoms with E-state index in [9.17, 15) is 4.39 Å². The van der Waals surface area contributed by atoms with Crippen molar-refractivity contribution in [2.24, 2.45) is 16.7 Å². The average molecular weight is 250 g/mol. The maximum absolute atomic E-state index is 13.3. The van der Waals surface area contributed by atoms with E-state index in [0.29, 0.717) is 28.0 Å². The molecule has 0 unspecified atom stereocenters. The van der Waals surface area contributed by atoms with Gasteiger partial charge in [0.15, 0.2) is 0 Å². The van der Waals surface area contributed by atoms with Gasteiger partial charge in [-0.25, -0.2) is 4.39 Å². The zero-order valence-corrected chi connectivity index (χ0v) is 11.9. The van der Waals surface area contributed by atoms with Crippen molar-refractivity contribution < 1.29 is 4.39 Å². The molecule has 0 saturated heterocycles. The standard InChI is InChI=1S/C15H23FN2/c1-9-6-12(11(17)7-10(9)16)18-8-13-14(2,3)15(13,4)5/h6-7,13,18H,8,17H2,1-5H3. The highest BCUT2D eigenvalue weighted by Gasteiger charge is 2.64. The Morgan fingerprint density at radius 2 is 1.78 bits per heavy atom. The molecule has 0 aliphatic heterocycles. The lowest BCUT2D eigenvalue weighted by Gasteiger charge is -2.11. The maximum Gasteiger partial charge on any atom is 0.128 e. The van der Waals surface area contributed by atoms with E-state index < -0.39 is 0 Å². The summed E-state index contributed by atoms with van der Waals surface area (Å²) in [4.78, 5) is 0. The molecule has 0 radical (unpaired) electrons. The van der Waals surface area contributed by atoms with Crippen molar-refractivity contribution in [3.63, 3.8) is 0 Å². The summed E-state index contributed by atoms with van der Waals surface area (Å²) in [5.74, 6) is 0.375. The Labute approximate surface area is 109 Å². The molecule has 1 aromatic rings. The van der Waals surface area contributed by atoms with Crippen LogP contribution in [0.3, 0.4) is 0 Å². The Balaban J connectivity index is 2.07. The largest absolute Gasteiger partial charge is 0.397 e. The molecule has 1 fully saturated rings. The van der Waals surface area contributed by atoms with Crippen LogP contribution in [0, 0.1) is 29.5 Å². The predicted molar refractivity (Wildman–Crippen MR) is 75.1 cm³/mol. The zero-order valence-electron chi connectivity index (χ0n) is 11.9. The van der Waals surface area contributed by atoms with Crippen LogP contribution in [-0.4, -0.2) is 6.54 Å². The van der Waals surface area contributed by atoms with E-state index in [1.807, 2.05) is 0 Å². The molecule has 0 bridgehead atoms. The van der Waals surface area contributed by atoms with Gasteiger partial charge in [-0.2, -0.15) is 0 Å². The first-order valence-corrected chi connectivity index (χ1v) is 6.47. The van der Waals surface area contributed by atoms with Crippen LogP contribution in [-0.2, 0) is 0 Å². The highest BCUT2D eigenvalue weighted by atomic mass is 19.1. The van der Waals surface area contributed by atoms with Gasteiger partial charge in [0.2, 0.25) is 0 Å². The van der Waals surface area contributed by atoms with Crippen LogP contribution in [0.25, 0.3) is 0 Å². The Bertz CT molecular complexity index is 464. The minimum atomic E-state index is -0.245. The van der Waals surface area contributed by atoms with Gasteiger partial charge in [-0.05, 0) is 41.4 Å². The van der Waals surface area contributed by atoms with Crippen LogP contribution in [0.2, 0.25) is 0 Å². The van der Waals surface area contributed by atoms with Gasteiger partial charge < -0.3 is 11.1 Å². The lowest BCUT2D eigenvalue weighted by molar-refractivity contribution is 0.457. The number of hydrogen-bond donors (Lipinski definition) is 2. The van der Waals surface area contributed by atoms with Crippen LogP contribution in [0.15, 0.2) is 12.1 Å². The molecular weight excluding hydrogens is 227 g/mol. The molecule has 1 saturated carbocycles. The van der Waals surface area contributed by atoms with E-state index in [1.165, 1.54) is 6.07 Å². The normalized spacial score (nSPS) is 20.8. The Hall–Kier alpha value is -1.25. The number of aryl methyl sites for hydroxylation is 1. The summed E-state index contributed by atoms with van der Waals surface area (Å²) in [6.45, 7) is 11.8. The molecule has 0 heterocycles. The molecule has 1 aromatic carbocycles. The van der Waals surface area contributed by atoms with Gasteiger partial charge in [0, 0.05) is 6.54 Å². The van der Waals surface area contributed by atoms with E-state index in [4.69, 9.17) is 5.73 Å². The molecule has 2 rings (SSSR count). The second-order valence-corrected chi connectivity index (χ2v) is 6.57. The van der Waals surface area contributed by atoms with Crippen molar-refractivity contribution >= 4 is 11.4 Å². The van der Waals surface area contributed by atoms with Crippen molar-refractivity contribution in [2.75, 3.05) is 17.6 Å². The van der Waals surface area contributed by atoms with Crippen molar-refractivity contribution in [1.82, 2.24) is 0 Å².